The van der Waals surface area contributed by atoms with Crippen LogP contribution in [0, 0.1) is 12.7 Å². The van der Waals surface area contributed by atoms with Gasteiger partial charge in [-0.25, -0.2) is 17.6 Å². The lowest BCUT2D eigenvalue weighted by molar-refractivity contribution is -0.118. The summed E-state index contributed by atoms with van der Waals surface area (Å²) in [6.45, 7) is 1.34. The van der Waals surface area contributed by atoms with Crippen LogP contribution in [0.3, 0.4) is 0 Å². The Morgan fingerprint density at radius 2 is 1.58 bits per heavy atom. The van der Waals surface area contributed by atoms with E-state index >= 15 is 0 Å². The molecule has 3 aromatic carbocycles. The zero-order chi connectivity index (χ0) is 24.0. The maximum atomic E-state index is 13.0. The van der Waals surface area contributed by atoms with Gasteiger partial charge in [0.15, 0.2) is 6.61 Å². The summed E-state index contributed by atoms with van der Waals surface area (Å²) in [6.07, 6.45) is 0. The number of carbonyl (C=O) groups is 2. The lowest BCUT2D eigenvalue weighted by atomic mass is 10.2. The summed E-state index contributed by atoms with van der Waals surface area (Å²) in [4.78, 5) is 23.6. The Bertz CT molecular complexity index is 1260. The van der Waals surface area contributed by atoms with E-state index in [9.17, 15) is 22.4 Å². The van der Waals surface area contributed by atoms with Crippen LogP contribution in [0.5, 0.6) is 5.75 Å². The summed E-state index contributed by atoms with van der Waals surface area (Å²) in [5.41, 5.74) is 1.56. The fourth-order valence-corrected chi connectivity index (χ4v) is 3.97. The molecule has 0 atom stereocenters. The number of esters is 1. The smallest absolute Gasteiger partial charge is 0.337 e. The molecular weight excluding hydrogens is 451 g/mol. The van der Waals surface area contributed by atoms with E-state index in [1.807, 2.05) is 0 Å². The predicted molar refractivity (Wildman–Crippen MR) is 120 cm³/mol. The van der Waals surface area contributed by atoms with E-state index in [-0.39, 0.29) is 17.2 Å². The highest BCUT2D eigenvalue weighted by Gasteiger charge is 2.16. The molecule has 2 N–H and O–H groups in total. The zero-order valence-electron chi connectivity index (χ0n) is 17.8. The molecule has 10 heteroatoms. The number of nitrogens with one attached hydrogen (secondary N) is 2. The molecule has 0 spiro atoms. The first-order chi connectivity index (χ1) is 15.7. The minimum atomic E-state index is -3.89. The molecule has 0 bridgehead atoms. The van der Waals surface area contributed by atoms with E-state index in [0.29, 0.717) is 22.6 Å². The van der Waals surface area contributed by atoms with Gasteiger partial charge in [0.2, 0.25) is 0 Å². The number of carbonyl (C=O) groups excluding carboxylic acids is 2. The van der Waals surface area contributed by atoms with Crippen LogP contribution in [0.25, 0.3) is 0 Å². The maximum absolute atomic E-state index is 13.0. The van der Waals surface area contributed by atoms with E-state index in [0.717, 1.165) is 12.1 Å². The highest BCUT2D eigenvalue weighted by molar-refractivity contribution is 7.92. The minimum Gasteiger partial charge on any atom is -0.483 e. The monoisotopic (exact) mass is 472 g/mol. The van der Waals surface area contributed by atoms with Crippen molar-refractivity contribution >= 4 is 33.3 Å². The van der Waals surface area contributed by atoms with Crippen molar-refractivity contribution in [2.45, 2.75) is 11.8 Å². The average molecular weight is 472 g/mol. The lowest BCUT2D eigenvalue weighted by Crippen LogP contribution is -2.20. The molecule has 0 heterocycles. The predicted octanol–water partition coefficient (Wildman–Crippen LogP) is 3.74. The number of benzene rings is 3. The fourth-order valence-electron chi connectivity index (χ4n) is 2.83. The van der Waals surface area contributed by atoms with Crippen LogP contribution in [-0.2, 0) is 19.6 Å². The van der Waals surface area contributed by atoms with Crippen molar-refractivity contribution < 1.29 is 31.9 Å². The number of amides is 1. The average Bonchev–Trinajstić information content (AvgIpc) is 2.79. The van der Waals surface area contributed by atoms with Crippen molar-refractivity contribution in [3.63, 3.8) is 0 Å². The van der Waals surface area contributed by atoms with Gasteiger partial charge in [0.1, 0.15) is 11.6 Å². The number of hydrogen-bond acceptors (Lipinski definition) is 6. The molecule has 1 amide bonds. The number of anilines is 2. The van der Waals surface area contributed by atoms with Gasteiger partial charge < -0.3 is 14.8 Å². The van der Waals surface area contributed by atoms with Gasteiger partial charge in [-0.3, -0.25) is 9.52 Å². The van der Waals surface area contributed by atoms with Crippen LogP contribution in [0.2, 0.25) is 0 Å². The minimum absolute atomic E-state index is 0.00757. The van der Waals surface area contributed by atoms with Crippen LogP contribution >= 0.6 is 0 Å². The van der Waals surface area contributed by atoms with E-state index in [4.69, 9.17) is 4.74 Å². The summed E-state index contributed by atoms with van der Waals surface area (Å²) >= 11 is 0. The van der Waals surface area contributed by atoms with E-state index in [1.54, 1.807) is 19.1 Å². The fraction of sp³-hybridized carbons (Fsp3) is 0.130. The van der Waals surface area contributed by atoms with E-state index in [1.165, 1.54) is 49.6 Å². The van der Waals surface area contributed by atoms with Crippen molar-refractivity contribution in [3.8, 4) is 5.75 Å². The Labute approximate surface area is 190 Å². The molecule has 0 unspecified atom stereocenters. The van der Waals surface area contributed by atoms with Gasteiger partial charge >= 0.3 is 5.97 Å². The second-order valence-corrected chi connectivity index (χ2v) is 8.63. The third-order valence-corrected chi connectivity index (χ3v) is 5.88. The molecule has 33 heavy (non-hydrogen) atoms. The quantitative estimate of drug-likeness (QED) is 0.483. The van der Waals surface area contributed by atoms with E-state index in [2.05, 4.69) is 14.8 Å². The van der Waals surface area contributed by atoms with Crippen LogP contribution in [0.4, 0.5) is 15.8 Å². The molecule has 0 radical (unpaired) electrons. The maximum Gasteiger partial charge on any atom is 0.337 e. The highest BCUT2D eigenvalue weighted by atomic mass is 32.2. The number of sulfonamides is 1. The Morgan fingerprint density at radius 1 is 0.939 bits per heavy atom. The number of hydrogen-bond donors (Lipinski definition) is 2. The van der Waals surface area contributed by atoms with Gasteiger partial charge in [-0.2, -0.15) is 0 Å². The van der Waals surface area contributed by atoms with Gasteiger partial charge in [-0.1, -0.05) is 0 Å². The molecule has 8 nitrogen and oxygen atoms in total. The Balaban J connectivity index is 1.60. The second kappa shape index (κ2) is 10.1. The summed E-state index contributed by atoms with van der Waals surface area (Å²) in [5.74, 6) is -1.05. The largest absolute Gasteiger partial charge is 0.483 e. The van der Waals surface area contributed by atoms with Crippen molar-refractivity contribution in [1.82, 2.24) is 0 Å². The van der Waals surface area contributed by atoms with E-state index < -0.39 is 27.7 Å². The first-order valence-corrected chi connectivity index (χ1v) is 11.2. The van der Waals surface area contributed by atoms with Gasteiger partial charge in [0, 0.05) is 11.4 Å². The SMILES string of the molecule is COC(=O)c1ccc(NC(=O)COc2ccc(S(=O)(=O)Nc3ccc(F)cc3)cc2C)cc1. The van der Waals surface area contributed by atoms with Gasteiger partial charge in [-0.15, -0.1) is 0 Å². The summed E-state index contributed by atoms with van der Waals surface area (Å²) < 4.78 is 50.6. The Morgan fingerprint density at radius 3 is 2.18 bits per heavy atom. The topological polar surface area (TPSA) is 111 Å². The first kappa shape index (κ1) is 23.7. The third kappa shape index (κ3) is 6.30. The molecule has 3 rings (SSSR count). The highest BCUT2D eigenvalue weighted by Crippen LogP contribution is 2.24. The molecule has 0 saturated heterocycles. The summed E-state index contributed by atoms with van der Waals surface area (Å²) in [5, 5.41) is 2.63. The Kier molecular flexibility index (Phi) is 7.29. The normalized spacial score (nSPS) is 10.9. The summed E-state index contributed by atoms with van der Waals surface area (Å²) in [6, 6.07) is 15.3. The standard InChI is InChI=1S/C23H21FN2O6S/c1-15-13-20(33(29,30)26-19-9-5-17(24)6-10-19)11-12-21(15)32-14-22(27)25-18-7-3-16(4-8-18)23(28)31-2/h3-13,26H,14H2,1-2H3,(H,25,27). The molecule has 0 aliphatic carbocycles. The molecular formula is C23H21FN2O6S. The van der Waals surface area contributed by atoms with Crippen molar-refractivity contribution in [2.75, 3.05) is 23.8 Å². The molecule has 0 fully saturated rings. The number of aryl methyl sites for hydroxylation is 1. The molecule has 0 aliphatic heterocycles. The van der Waals surface area contributed by atoms with Crippen molar-refractivity contribution in [1.29, 1.82) is 0 Å². The van der Waals surface area contributed by atoms with Crippen LogP contribution in [0.1, 0.15) is 15.9 Å². The van der Waals surface area contributed by atoms with Gasteiger partial charge in [0.05, 0.1) is 17.6 Å². The zero-order valence-corrected chi connectivity index (χ0v) is 18.6. The number of rotatable bonds is 8. The van der Waals surface area contributed by atoms with Crippen molar-refractivity contribution in [3.05, 3.63) is 83.7 Å². The Hall–Kier alpha value is -3.92. The molecule has 172 valence electrons. The molecule has 3 aromatic rings. The number of methoxy groups -OCH3 is 1. The van der Waals surface area contributed by atoms with Gasteiger partial charge in [0.25, 0.3) is 15.9 Å². The van der Waals surface area contributed by atoms with Crippen molar-refractivity contribution in [2.24, 2.45) is 0 Å². The first-order valence-electron chi connectivity index (χ1n) is 9.68. The number of ether oxygens (including phenoxy) is 2. The van der Waals surface area contributed by atoms with Crippen LogP contribution < -0.4 is 14.8 Å². The van der Waals surface area contributed by atoms with Crippen LogP contribution in [0.15, 0.2) is 71.6 Å². The lowest BCUT2D eigenvalue weighted by Gasteiger charge is -2.12. The molecule has 0 aliphatic rings. The molecule has 0 aromatic heterocycles. The number of halogens is 1. The van der Waals surface area contributed by atoms with Gasteiger partial charge in [-0.05, 0) is 79.2 Å². The third-order valence-electron chi connectivity index (χ3n) is 4.50. The molecule has 0 saturated carbocycles. The van der Waals surface area contributed by atoms with Crippen LogP contribution in [-0.4, -0.2) is 34.0 Å². The second-order valence-electron chi connectivity index (χ2n) is 6.95. The summed E-state index contributed by atoms with van der Waals surface area (Å²) in [7, 11) is -2.61.